The standard InChI is InChI=1S/C14H22N2S/c1-15-13(10-12-6-8-16-9-7-12)11-17-14-4-2-3-5-14/h6-9,13-15H,2-5,10-11H2,1H3. The van der Waals surface area contributed by atoms with E-state index in [-0.39, 0.29) is 0 Å². The fourth-order valence-electron chi connectivity index (χ4n) is 2.35. The summed E-state index contributed by atoms with van der Waals surface area (Å²) < 4.78 is 0. The summed E-state index contributed by atoms with van der Waals surface area (Å²) in [6.45, 7) is 0. The first-order chi connectivity index (χ1) is 8.38. The van der Waals surface area contributed by atoms with Crippen molar-refractivity contribution in [3.8, 4) is 0 Å². The summed E-state index contributed by atoms with van der Waals surface area (Å²) in [6.07, 6.45) is 10.6. The quantitative estimate of drug-likeness (QED) is 0.840. The highest BCUT2D eigenvalue weighted by molar-refractivity contribution is 7.99. The number of pyridine rings is 1. The molecule has 1 saturated carbocycles. The van der Waals surface area contributed by atoms with Gasteiger partial charge >= 0.3 is 0 Å². The zero-order chi connectivity index (χ0) is 11.9. The van der Waals surface area contributed by atoms with Crippen LogP contribution < -0.4 is 5.32 Å². The Morgan fingerprint density at radius 2 is 2.06 bits per heavy atom. The molecule has 0 amide bonds. The van der Waals surface area contributed by atoms with Crippen LogP contribution in [0.2, 0.25) is 0 Å². The summed E-state index contributed by atoms with van der Waals surface area (Å²) in [6, 6.07) is 4.82. The molecule has 1 aliphatic rings. The minimum Gasteiger partial charge on any atom is -0.316 e. The van der Waals surface area contributed by atoms with E-state index in [0.717, 1.165) is 11.7 Å². The molecule has 1 aromatic heterocycles. The van der Waals surface area contributed by atoms with E-state index in [1.54, 1.807) is 0 Å². The minimum atomic E-state index is 0.586. The van der Waals surface area contributed by atoms with Crippen LogP contribution in [0.5, 0.6) is 0 Å². The summed E-state index contributed by atoms with van der Waals surface area (Å²) in [4.78, 5) is 4.06. The molecule has 0 saturated heterocycles. The molecule has 0 radical (unpaired) electrons. The van der Waals surface area contributed by atoms with Gasteiger partial charge in [0.05, 0.1) is 0 Å². The molecule has 0 aromatic carbocycles. The van der Waals surface area contributed by atoms with Crippen molar-refractivity contribution in [2.45, 2.75) is 43.4 Å². The fraction of sp³-hybridized carbons (Fsp3) is 0.643. The number of nitrogens with zero attached hydrogens (tertiary/aromatic N) is 1. The lowest BCUT2D eigenvalue weighted by atomic mass is 10.1. The number of thioether (sulfide) groups is 1. The minimum absolute atomic E-state index is 0.586. The first kappa shape index (κ1) is 12.9. The van der Waals surface area contributed by atoms with Gasteiger partial charge in [-0.05, 0) is 44.0 Å². The Morgan fingerprint density at radius 1 is 1.35 bits per heavy atom. The summed E-state index contributed by atoms with van der Waals surface area (Å²) in [7, 11) is 2.07. The van der Waals surface area contributed by atoms with E-state index >= 15 is 0 Å². The van der Waals surface area contributed by atoms with Crippen LogP contribution in [0, 0.1) is 0 Å². The van der Waals surface area contributed by atoms with Crippen LogP contribution in [-0.4, -0.2) is 29.1 Å². The van der Waals surface area contributed by atoms with Crippen molar-refractivity contribution in [1.29, 1.82) is 0 Å². The Bertz CT molecular complexity index is 309. The van der Waals surface area contributed by atoms with Gasteiger partial charge in [0, 0.05) is 29.4 Å². The molecule has 1 aromatic rings. The predicted octanol–water partition coefficient (Wildman–Crippen LogP) is 2.89. The molecule has 0 spiro atoms. The topological polar surface area (TPSA) is 24.9 Å². The third-order valence-electron chi connectivity index (χ3n) is 3.48. The zero-order valence-corrected chi connectivity index (χ0v) is 11.4. The van der Waals surface area contributed by atoms with Gasteiger partial charge in [-0.1, -0.05) is 12.8 Å². The Kier molecular flexibility index (Phi) is 5.33. The summed E-state index contributed by atoms with van der Waals surface area (Å²) in [5, 5.41) is 4.35. The van der Waals surface area contributed by atoms with Gasteiger partial charge in [-0.25, -0.2) is 0 Å². The maximum atomic E-state index is 4.06. The van der Waals surface area contributed by atoms with Crippen molar-refractivity contribution in [2.24, 2.45) is 0 Å². The van der Waals surface area contributed by atoms with Gasteiger partial charge in [0.1, 0.15) is 0 Å². The van der Waals surface area contributed by atoms with E-state index in [1.807, 2.05) is 12.4 Å². The lowest BCUT2D eigenvalue weighted by molar-refractivity contribution is 0.615. The first-order valence-electron chi connectivity index (χ1n) is 6.56. The molecule has 94 valence electrons. The van der Waals surface area contributed by atoms with Crippen LogP contribution in [0.15, 0.2) is 24.5 Å². The zero-order valence-electron chi connectivity index (χ0n) is 10.6. The van der Waals surface area contributed by atoms with Crippen molar-refractivity contribution in [3.63, 3.8) is 0 Å². The van der Waals surface area contributed by atoms with Crippen LogP contribution in [0.4, 0.5) is 0 Å². The van der Waals surface area contributed by atoms with Gasteiger partial charge in [0.15, 0.2) is 0 Å². The summed E-state index contributed by atoms with van der Waals surface area (Å²) in [5.41, 5.74) is 1.38. The van der Waals surface area contributed by atoms with E-state index in [0.29, 0.717) is 6.04 Å². The number of nitrogens with one attached hydrogen (secondary N) is 1. The molecule has 2 nitrogen and oxygen atoms in total. The second kappa shape index (κ2) is 7.02. The predicted molar refractivity (Wildman–Crippen MR) is 75.5 cm³/mol. The van der Waals surface area contributed by atoms with E-state index in [1.165, 1.54) is 37.0 Å². The Hall–Kier alpha value is -0.540. The molecular formula is C14H22N2S. The second-order valence-electron chi connectivity index (χ2n) is 4.78. The number of rotatable bonds is 6. The third-order valence-corrected chi connectivity index (χ3v) is 5.01. The molecule has 1 N–H and O–H groups in total. The van der Waals surface area contributed by atoms with Crippen molar-refractivity contribution < 1.29 is 0 Å². The lowest BCUT2D eigenvalue weighted by Crippen LogP contribution is -2.30. The highest BCUT2D eigenvalue weighted by Gasteiger charge is 2.17. The molecule has 1 aliphatic carbocycles. The average molecular weight is 250 g/mol. The van der Waals surface area contributed by atoms with Crippen LogP contribution in [0.25, 0.3) is 0 Å². The van der Waals surface area contributed by atoms with Crippen LogP contribution in [0.3, 0.4) is 0 Å². The summed E-state index contributed by atoms with van der Waals surface area (Å²) in [5.74, 6) is 1.23. The maximum absolute atomic E-state index is 4.06. The van der Waals surface area contributed by atoms with Crippen molar-refractivity contribution in [2.75, 3.05) is 12.8 Å². The molecule has 17 heavy (non-hydrogen) atoms. The molecule has 1 atom stereocenters. The summed E-state index contributed by atoms with van der Waals surface area (Å²) >= 11 is 2.16. The number of likely N-dealkylation sites (N-methyl/N-ethyl adjacent to an activating group) is 1. The molecule has 1 fully saturated rings. The number of hydrogen-bond donors (Lipinski definition) is 1. The molecular weight excluding hydrogens is 228 g/mol. The van der Waals surface area contributed by atoms with Gasteiger partial charge in [0.2, 0.25) is 0 Å². The van der Waals surface area contributed by atoms with Crippen LogP contribution in [0.1, 0.15) is 31.2 Å². The molecule has 2 rings (SSSR count). The SMILES string of the molecule is CNC(CSC1CCCC1)Cc1ccncc1. The highest BCUT2D eigenvalue weighted by Crippen LogP contribution is 2.29. The Balaban J connectivity index is 1.76. The fourth-order valence-corrected chi connectivity index (χ4v) is 3.81. The van der Waals surface area contributed by atoms with E-state index in [2.05, 4.69) is 41.2 Å². The largest absolute Gasteiger partial charge is 0.316 e. The molecule has 3 heteroatoms. The lowest BCUT2D eigenvalue weighted by Gasteiger charge is -2.18. The Labute approximate surface area is 109 Å². The maximum Gasteiger partial charge on any atom is 0.0270 e. The molecule has 0 aliphatic heterocycles. The molecule has 1 unspecified atom stereocenters. The smallest absolute Gasteiger partial charge is 0.0270 e. The van der Waals surface area contributed by atoms with Gasteiger partial charge in [-0.2, -0.15) is 11.8 Å². The van der Waals surface area contributed by atoms with Gasteiger partial charge < -0.3 is 5.32 Å². The second-order valence-corrected chi connectivity index (χ2v) is 6.12. The number of aromatic nitrogens is 1. The molecule has 1 heterocycles. The van der Waals surface area contributed by atoms with Crippen molar-refractivity contribution >= 4 is 11.8 Å². The highest BCUT2D eigenvalue weighted by atomic mass is 32.2. The van der Waals surface area contributed by atoms with Crippen molar-refractivity contribution in [3.05, 3.63) is 30.1 Å². The van der Waals surface area contributed by atoms with Crippen molar-refractivity contribution in [1.82, 2.24) is 10.3 Å². The van der Waals surface area contributed by atoms with Gasteiger partial charge in [-0.15, -0.1) is 0 Å². The number of hydrogen-bond acceptors (Lipinski definition) is 3. The molecule has 0 bridgehead atoms. The van der Waals surface area contributed by atoms with E-state index < -0.39 is 0 Å². The van der Waals surface area contributed by atoms with Gasteiger partial charge in [-0.3, -0.25) is 4.98 Å². The normalized spacial score (nSPS) is 18.4. The first-order valence-corrected chi connectivity index (χ1v) is 7.61. The van der Waals surface area contributed by atoms with Crippen LogP contribution in [-0.2, 0) is 6.42 Å². The van der Waals surface area contributed by atoms with Gasteiger partial charge in [0.25, 0.3) is 0 Å². The van der Waals surface area contributed by atoms with Crippen LogP contribution >= 0.6 is 11.8 Å². The average Bonchev–Trinajstić information content (AvgIpc) is 2.89. The Morgan fingerprint density at radius 3 is 2.71 bits per heavy atom. The van der Waals surface area contributed by atoms with E-state index in [9.17, 15) is 0 Å². The van der Waals surface area contributed by atoms with E-state index in [4.69, 9.17) is 0 Å². The monoisotopic (exact) mass is 250 g/mol. The third kappa shape index (κ3) is 4.32.